The van der Waals surface area contributed by atoms with Crippen LogP contribution >= 0.6 is 0 Å². The molecule has 0 amide bonds. The molecular weight excluding hydrogens is 249 g/mol. The number of alkyl halides is 7. The summed E-state index contributed by atoms with van der Waals surface area (Å²) in [6.07, 6.45) is -5.82. The Hall–Kier alpha value is -1.28. The van der Waals surface area contributed by atoms with E-state index in [9.17, 15) is 35.5 Å². The second kappa shape index (κ2) is 4.30. The maximum absolute atomic E-state index is 12.4. The molecule has 0 saturated carbocycles. The van der Waals surface area contributed by atoms with Crippen LogP contribution in [0.2, 0.25) is 0 Å². The van der Waals surface area contributed by atoms with Crippen molar-refractivity contribution in [3.63, 3.8) is 0 Å². The molecule has 0 N–H and O–H groups in total. The van der Waals surface area contributed by atoms with Crippen LogP contribution in [0.25, 0.3) is 0 Å². The number of hydrogen-bond acceptors (Lipinski definition) is 2. The fourth-order valence-corrected chi connectivity index (χ4v) is 0.531. The summed E-state index contributed by atoms with van der Waals surface area (Å²) in [5.74, 6) is -15.4. The summed E-state index contributed by atoms with van der Waals surface area (Å²) in [7, 11) is 0. The minimum atomic E-state index is -6.55. The van der Waals surface area contributed by atoms with Gasteiger partial charge in [0.1, 0.15) is 6.61 Å². The second-order valence-corrected chi connectivity index (χ2v) is 2.53. The molecule has 0 spiro atoms. The van der Waals surface area contributed by atoms with Gasteiger partial charge in [-0.05, 0) is 0 Å². The number of ether oxygens (including phenoxy) is 1. The standard InChI is InChI=1S/C7H5F7O2/c1-2-3-16-4(15)5(8,9)6(10,11)7(12,13)14/h2H,1,3H2. The van der Waals surface area contributed by atoms with Gasteiger partial charge < -0.3 is 4.74 Å². The van der Waals surface area contributed by atoms with E-state index in [-0.39, 0.29) is 0 Å². The number of carbonyl (C=O) groups excluding carboxylic acids is 1. The van der Waals surface area contributed by atoms with E-state index in [1.807, 2.05) is 0 Å². The molecule has 0 aliphatic heterocycles. The summed E-state index contributed by atoms with van der Waals surface area (Å²) >= 11 is 0. The zero-order valence-electron chi connectivity index (χ0n) is 7.45. The predicted molar refractivity (Wildman–Crippen MR) is 37.1 cm³/mol. The molecule has 0 rings (SSSR count). The molecule has 0 aliphatic carbocycles. The topological polar surface area (TPSA) is 26.3 Å². The van der Waals surface area contributed by atoms with Gasteiger partial charge in [0.2, 0.25) is 0 Å². The largest absolute Gasteiger partial charge is 0.460 e. The van der Waals surface area contributed by atoms with Crippen LogP contribution in [0.4, 0.5) is 30.7 Å². The third kappa shape index (κ3) is 2.45. The van der Waals surface area contributed by atoms with Crippen LogP contribution in [-0.2, 0) is 9.53 Å². The highest BCUT2D eigenvalue weighted by molar-refractivity contribution is 5.79. The van der Waals surface area contributed by atoms with E-state index in [0.717, 1.165) is 6.08 Å². The Labute approximate surface area is 84.7 Å². The van der Waals surface area contributed by atoms with Gasteiger partial charge in [-0.2, -0.15) is 30.7 Å². The molecule has 0 aromatic heterocycles. The highest BCUT2D eigenvalue weighted by atomic mass is 19.4. The lowest BCUT2D eigenvalue weighted by molar-refractivity contribution is -0.348. The van der Waals surface area contributed by atoms with E-state index in [4.69, 9.17) is 0 Å². The minimum Gasteiger partial charge on any atom is -0.457 e. The van der Waals surface area contributed by atoms with Gasteiger partial charge in [-0.3, -0.25) is 0 Å². The SMILES string of the molecule is C=CCOC(=O)C(F)(F)C(F)(F)C(F)(F)F. The summed E-state index contributed by atoms with van der Waals surface area (Å²) in [5, 5.41) is 0. The predicted octanol–water partition coefficient (Wildman–Crippen LogP) is 2.55. The second-order valence-electron chi connectivity index (χ2n) is 2.53. The third-order valence-electron chi connectivity index (χ3n) is 1.34. The highest BCUT2D eigenvalue weighted by Gasteiger charge is 2.77. The molecule has 2 nitrogen and oxygen atoms in total. The van der Waals surface area contributed by atoms with Gasteiger partial charge in [0.05, 0.1) is 0 Å². The van der Waals surface area contributed by atoms with Crippen LogP contribution in [0.1, 0.15) is 0 Å². The van der Waals surface area contributed by atoms with Gasteiger partial charge in [0.25, 0.3) is 0 Å². The fourth-order valence-electron chi connectivity index (χ4n) is 0.531. The van der Waals surface area contributed by atoms with Gasteiger partial charge in [0, 0.05) is 0 Å². The zero-order valence-corrected chi connectivity index (χ0v) is 7.45. The monoisotopic (exact) mass is 254 g/mol. The van der Waals surface area contributed by atoms with E-state index in [1.54, 1.807) is 0 Å². The van der Waals surface area contributed by atoms with E-state index >= 15 is 0 Å². The molecule has 94 valence electrons. The summed E-state index contributed by atoms with van der Waals surface area (Å²) in [6, 6.07) is 0. The molecule has 16 heavy (non-hydrogen) atoms. The highest BCUT2D eigenvalue weighted by Crippen LogP contribution is 2.46. The Morgan fingerprint density at radius 2 is 1.56 bits per heavy atom. The van der Waals surface area contributed by atoms with Crippen molar-refractivity contribution in [1.29, 1.82) is 0 Å². The first-order valence-electron chi connectivity index (χ1n) is 3.59. The van der Waals surface area contributed by atoms with Crippen LogP contribution in [0, 0.1) is 0 Å². The van der Waals surface area contributed by atoms with Crippen molar-refractivity contribution in [1.82, 2.24) is 0 Å². The molecule has 0 heterocycles. The summed E-state index contributed by atoms with van der Waals surface area (Å²) in [5.41, 5.74) is 0. The summed E-state index contributed by atoms with van der Waals surface area (Å²) in [4.78, 5) is 10.3. The number of hydrogen-bond donors (Lipinski definition) is 0. The Bertz CT molecular complexity index is 281. The molecule has 0 aliphatic rings. The van der Waals surface area contributed by atoms with E-state index in [2.05, 4.69) is 11.3 Å². The van der Waals surface area contributed by atoms with Crippen molar-refractivity contribution in [3.8, 4) is 0 Å². The Balaban J connectivity index is 5.03. The lowest BCUT2D eigenvalue weighted by Crippen LogP contribution is -2.56. The Morgan fingerprint density at radius 3 is 1.88 bits per heavy atom. The van der Waals surface area contributed by atoms with Crippen LogP contribution in [0.5, 0.6) is 0 Å². The van der Waals surface area contributed by atoms with Crippen molar-refractivity contribution in [2.45, 2.75) is 18.0 Å². The van der Waals surface area contributed by atoms with Gasteiger partial charge in [0.15, 0.2) is 0 Å². The van der Waals surface area contributed by atoms with Crippen molar-refractivity contribution < 1.29 is 40.3 Å². The molecule has 0 unspecified atom stereocenters. The fraction of sp³-hybridized carbons (Fsp3) is 0.571. The van der Waals surface area contributed by atoms with Crippen LogP contribution < -0.4 is 0 Å². The van der Waals surface area contributed by atoms with Gasteiger partial charge in [-0.1, -0.05) is 12.7 Å². The Kier molecular flexibility index (Phi) is 3.96. The van der Waals surface area contributed by atoms with Gasteiger partial charge in [-0.15, -0.1) is 0 Å². The quantitative estimate of drug-likeness (QED) is 0.438. The van der Waals surface area contributed by atoms with E-state index < -0.39 is 30.6 Å². The molecule has 0 bridgehead atoms. The maximum Gasteiger partial charge on any atom is 0.460 e. The maximum atomic E-state index is 12.4. The smallest absolute Gasteiger partial charge is 0.457 e. The van der Waals surface area contributed by atoms with Crippen molar-refractivity contribution in [3.05, 3.63) is 12.7 Å². The minimum absolute atomic E-state index is 0.736. The average Bonchev–Trinajstić information content (AvgIpc) is 2.11. The van der Waals surface area contributed by atoms with E-state index in [0.29, 0.717) is 0 Å². The first-order valence-corrected chi connectivity index (χ1v) is 3.59. The third-order valence-corrected chi connectivity index (χ3v) is 1.34. The molecule has 0 atom stereocenters. The number of rotatable bonds is 4. The first kappa shape index (κ1) is 14.7. The molecular formula is C7H5F7O2. The van der Waals surface area contributed by atoms with Gasteiger partial charge >= 0.3 is 24.0 Å². The molecule has 9 heteroatoms. The van der Waals surface area contributed by atoms with Crippen LogP contribution in [0.3, 0.4) is 0 Å². The lowest BCUT2D eigenvalue weighted by Gasteiger charge is -2.26. The summed E-state index contributed by atoms with van der Waals surface area (Å²) in [6.45, 7) is 1.99. The lowest BCUT2D eigenvalue weighted by atomic mass is 10.1. The normalized spacial score (nSPS) is 13.4. The van der Waals surface area contributed by atoms with Crippen LogP contribution in [-0.4, -0.2) is 30.6 Å². The number of esters is 1. The van der Waals surface area contributed by atoms with Crippen LogP contribution in [0.15, 0.2) is 12.7 Å². The van der Waals surface area contributed by atoms with Gasteiger partial charge in [-0.25, -0.2) is 4.79 Å². The summed E-state index contributed by atoms with van der Waals surface area (Å²) < 4.78 is 87.4. The van der Waals surface area contributed by atoms with Crippen molar-refractivity contribution >= 4 is 5.97 Å². The average molecular weight is 254 g/mol. The molecule has 0 saturated heterocycles. The van der Waals surface area contributed by atoms with E-state index in [1.165, 1.54) is 0 Å². The first-order chi connectivity index (χ1) is 6.98. The molecule has 0 radical (unpaired) electrons. The number of halogens is 7. The Morgan fingerprint density at radius 1 is 1.12 bits per heavy atom. The molecule has 0 fully saturated rings. The molecule has 0 aromatic rings. The molecule has 0 aromatic carbocycles. The van der Waals surface area contributed by atoms with Crippen molar-refractivity contribution in [2.75, 3.05) is 6.61 Å². The van der Waals surface area contributed by atoms with Crippen molar-refractivity contribution in [2.24, 2.45) is 0 Å². The number of carbonyl (C=O) groups is 1. The zero-order chi connectivity index (χ0) is 13.2.